The Labute approximate surface area is 82.0 Å². The summed E-state index contributed by atoms with van der Waals surface area (Å²) in [7, 11) is 1.86. The molecule has 0 fully saturated rings. The van der Waals surface area contributed by atoms with Crippen LogP contribution in [0.25, 0.3) is 0 Å². The lowest BCUT2D eigenvalue weighted by atomic mass is 10.2. The second kappa shape index (κ2) is 3.44. The molecule has 1 unspecified atom stereocenters. The lowest BCUT2D eigenvalue weighted by Crippen LogP contribution is -2.40. The summed E-state index contributed by atoms with van der Waals surface area (Å²) in [4.78, 5) is 0. The largest absolute Gasteiger partial charge is 0.471 e. The number of nitrogens with one attached hydrogen (secondary N) is 2. The van der Waals surface area contributed by atoms with Crippen LogP contribution in [-0.2, 0) is 0 Å². The van der Waals surface area contributed by atoms with Crippen molar-refractivity contribution in [2.24, 2.45) is 0 Å². The van der Waals surface area contributed by atoms with Crippen LogP contribution in [0.3, 0.4) is 0 Å². The number of rotatable bonds is 1. The molecule has 0 bridgehead atoms. The molecule has 3 nitrogen and oxygen atoms in total. The Morgan fingerprint density at radius 3 is 3.23 bits per heavy atom. The molecular formula is C9H11ClN2O. The Morgan fingerprint density at radius 2 is 2.46 bits per heavy atom. The van der Waals surface area contributed by atoms with Crippen LogP contribution in [0.1, 0.15) is 0 Å². The van der Waals surface area contributed by atoms with E-state index in [-0.39, 0.29) is 6.23 Å². The van der Waals surface area contributed by atoms with E-state index in [1.165, 1.54) is 0 Å². The summed E-state index contributed by atoms with van der Waals surface area (Å²) in [6, 6.07) is 5.58. The molecule has 0 aromatic heterocycles. The normalized spacial score (nSPS) is 20.0. The Bertz CT molecular complexity index is 316. The number of fused-ring (bicyclic) bond motifs is 1. The maximum atomic E-state index is 5.84. The average Bonchev–Trinajstić information content (AvgIpc) is 2.16. The zero-order valence-corrected chi connectivity index (χ0v) is 8.06. The van der Waals surface area contributed by atoms with Crippen molar-refractivity contribution in [3.8, 4) is 5.75 Å². The molecule has 1 aromatic carbocycles. The van der Waals surface area contributed by atoms with Gasteiger partial charge in [0.15, 0.2) is 6.23 Å². The zero-order valence-electron chi connectivity index (χ0n) is 7.30. The summed E-state index contributed by atoms with van der Waals surface area (Å²) in [5.74, 6) is 0.804. The van der Waals surface area contributed by atoms with Crippen molar-refractivity contribution in [3.63, 3.8) is 0 Å². The number of halogens is 1. The van der Waals surface area contributed by atoms with Crippen LogP contribution in [0.5, 0.6) is 5.75 Å². The van der Waals surface area contributed by atoms with Gasteiger partial charge in [0.2, 0.25) is 0 Å². The molecule has 1 aromatic rings. The molecule has 0 amide bonds. The van der Waals surface area contributed by atoms with Gasteiger partial charge in [-0.05, 0) is 19.2 Å². The minimum Gasteiger partial charge on any atom is -0.471 e. The highest BCUT2D eigenvalue weighted by Gasteiger charge is 2.16. The first-order valence-corrected chi connectivity index (χ1v) is 4.55. The Kier molecular flexibility index (Phi) is 2.29. The van der Waals surface area contributed by atoms with Crippen molar-refractivity contribution in [1.29, 1.82) is 0 Å². The van der Waals surface area contributed by atoms with Gasteiger partial charge in [0, 0.05) is 11.1 Å². The van der Waals surface area contributed by atoms with Crippen LogP contribution in [-0.4, -0.2) is 19.8 Å². The standard InChI is InChI=1S/C9H11ClN2O/c1-11-9-5-12-7-3-2-6(10)4-8(7)13-9/h2-4,9,11-12H,5H2,1H3. The van der Waals surface area contributed by atoms with Crippen LogP contribution in [0, 0.1) is 0 Å². The third kappa shape index (κ3) is 1.71. The van der Waals surface area contributed by atoms with E-state index < -0.39 is 0 Å². The van der Waals surface area contributed by atoms with E-state index >= 15 is 0 Å². The van der Waals surface area contributed by atoms with E-state index in [0.29, 0.717) is 5.02 Å². The smallest absolute Gasteiger partial charge is 0.167 e. The quantitative estimate of drug-likeness (QED) is 0.721. The molecule has 2 rings (SSSR count). The highest BCUT2D eigenvalue weighted by Crippen LogP contribution is 2.30. The van der Waals surface area contributed by atoms with Gasteiger partial charge >= 0.3 is 0 Å². The molecule has 1 atom stereocenters. The fourth-order valence-corrected chi connectivity index (χ4v) is 1.46. The third-order valence-electron chi connectivity index (χ3n) is 2.01. The summed E-state index contributed by atoms with van der Waals surface area (Å²) in [6.45, 7) is 0.769. The van der Waals surface area contributed by atoms with E-state index in [0.717, 1.165) is 18.0 Å². The van der Waals surface area contributed by atoms with Gasteiger partial charge in [-0.3, -0.25) is 5.32 Å². The first-order valence-electron chi connectivity index (χ1n) is 4.17. The number of anilines is 1. The SMILES string of the molecule is CNC1CNc2ccc(Cl)cc2O1. The van der Waals surface area contributed by atoms with Crippen LogP contribution in [0.15, 0.2) is 18.2 Å². The van der Waals surface area contributed by atoms with Gasteiger partial charge in [-0.25, -0.2) is 0 Å². The van der Waals surface area contributed by atoms with Crippen LogP contribution in [0.2, 0.25) is 5.02 Å². The first kappa shape index (κ1) is 8.66. The molecule has 1 heterocycles. The highest BCUT2D eigenvalue weighted by atomic mass is 35.5. The van der Waals surface area contributed by atoms with E-state index in [1.807, 2.05) is 25.2 Å². The number of benzene rings is 1. The summed E-state index contributed by atoms with van der Waals surface area (Å²) in [5, 5.41) is 6.97. The fourth-order valence-electron chi connectivity index (χ4n) is 1.30. The fraction of sp³-hybridized carbons (Fsp3) is 0.333. The van der Waals surface area contributed by atoms with Crippen molar-refractivity contribution in [3.05, 3.63) is 23.2 Å². The van der Waals surface area contributed by atoms with E-state index in [1.54, 1.807) is 0 Å². The molecule has 2 N–H and O–H groups in total. The van der Waals surface area contributed by atoms with Crippen molar-refractivity contribution in [2.75, 3.05) is 18.9 Å². The molecule has 70 valence electrons. The van der Waals surface area contributed by atoms with Gasteiger partial charge in [-0.2, -0.15) is 0 Å². The molecule has 1 aliphatic heterocycles. The van der Waals surface area contributed by atoms with Crippen molar-refractivity contribution < 1.29 is 4.74 Å². The molecule has 0 spiro atoms. The van der Waals surface area contributed by atoms with Crippen LogP contribution < -0.4 is 15.4 Å². The molecule has 1 aliphatic rings. The predicted octanol–water partition coefficient (Wildman–Crippen LogP) is 1.69. The summed E-state index contributed by atoms with van der Waals surface area (Å²) >= 11 is 5.84. The first-order chi connectivity index (χ1) is 6.29. The lowest BCUT2D eigenvalue weighted by Gasteiger charge is -2.26. The van der Waals surface area contributed by atoms with Gasteiger partial charge in [-0.15, -0.1) is 0 Å². The van der Waals surface area contributed by atoms with Gasteiger partial charge < -0.3 is 10.1 Å². The molecular weight excluding hydrogens is 188 g/mol. The van der Waals surface area contributed by atoms with Crippen molar-refractivity contribution in [1.82, 2.24) is 5.32 Å². The predicted molar refractivity (Wildman–Crippen MR) is 53.4 cm³/mol. The average molecular weight is 199 g/mol. The molecule has 4 heteroatoms. The molecule has 0 radical (unpaired) electrons. The van der Waals surface area contributed by atoms with E-state index in [9.17, 15) is 0 Å². The number of ether oxygens (including phenoxy) is 1. The Hall–Kier alpha value is -0.930. The van der Waals surface area contributed by atoms with Crippen LogP contribution in [0.4, 0.5) is 5.69 Å². The highest BCUT2D eigenvalue weighted by molar-refractivity contribution is 6.30. The van der Waals surface area contributed by atoms with Gasteiger partial charge in [0.05, 0.1) is 12.2 Å². The maximum absolute atomic E-state index is 5.84. The lowest BCUT2D eigenvalue weighted by molar-refractivity contribution is 0.179. The monoisotopic (exact) mass is 198 g/mol. The molecule has 0 saturated heterocycles. The molecule has 0 saturated carbocycles. The Balaban J connectivity index is 2.27. The minimum absolute atomic E-state index is 0.0194. The van der Waals surface area contributed by atoms with E-state index in [4.69, 9.17) is 16.3 Å². The summed E-state index contributed by atoms with van der Waals surface area (Å²) in [5.41, 5.74) is 0.996. The zero-order chi connectivity index (χ0) is 9.26. The minimum atomic E-state index is 0.0194. The Morgan fingerprint density at radius 1 is 1.62 bits per heavy atom. The van der Waals surface area contributed by atoms with Gasteiger partial charge in [-0.1, -0.05) is 11.6 Å². The second-order valence-corrected chi connectivity index (χ2v) is 3.35. The summed E-state index contributed by atoms with van der Waals surface area (Å²) < 4.78 is 5.60. The number of hydrogen-bond acceptors (Lipinski definition) is 3. The molecule has 13 heavy (non-hydrogen) atoms. The second-order valence-electron chi connectivity index (χ2n) is 2.92. The van der Waals surface area contributed by atoms with Crippen molar-refractivity contribution in [2.45, 2.75) is 6.23 Å². The van der Waals surface area contributed by atoms with E-state index in [2.05, 4.69) is 10.6 Å². The number of likely N-dealkylation sites (N-methyl/N-ethyl adjacent to an activating group) is 1. The van der Waals surface area contributed by atoms with Gasteiger partial charge in [0.25, 0.3) is 0 Å². The van der Waals surface area contributed by atoms with Crippen LogP contribution >= 0.6 is 11.6 Å². The topological polar surface area (TPSA) is 33.3 Å². The van der Waals surface area contributed by atoms with Gasteiger partial charge in [0.1, 0.15) is 5.75 Å². The van der Waals surface area contributed by atoms with Crippen molar-refractivity contribution >= 4 is 17.3 Å². The maximum Gasteiger partial charge on any atom is 0.167 e. The summed E-state index contributed by atoms with van der Waals surface area (Å²) in [6.07, 6.45) is 0.0194. The molecule has 0 aliphatic carbocycles. The number of hydrogen-bond donors (Lipinski definition) is 2. The third-order valence-corrected chi connectivity index (χ3v) is 2.25.